The number of hydrogen-bond acceptors (Lipinski definition) is 4. The third-order valence-electron chi connectivity index (χ3n) is 8.46. The zero-order valence-electron chi connectivity index (χ0n) is 22.7. The number of pyridine rings is 1. The van der Waals surface area contributed by atoms with Crippen LogP contribution in [-0.4, -0.2) is 65.9 Å². The van der Waals surface area contributed by atoms with Gasteiger partial charge in [0.2, 0.25) is 0 Å². The fraction of sp³-hybridized carbons (Fsp3) is 0.517. The topological polar surface area (TPSA) is 62.1 Å². The molecule has 0 radical (unpaired) electrons. The molecule has 40 heavy (non-hydrogen) atoms. The number of halogens is 4. The summed E-state index contributed by atoms with van der Waals surface area (Å²) < 4.78 is 61.0. The van der Waals surface area contributed by atoms with Crippen LogP contribution in [0.25, 0.3) is 16.8 Å². The van der Waals surface area contributed by atoms with Crippen molar-refractivity contribution in [3.05, 3.63) is 47.7 Å². The lowest BCUT2D eigenvalue weighted by atomic mass is 10.00. The van der Waals surface area contributed by atoms with Crippen molar-refractivity contribution in [1.82, 2.24) is 14.3 Å². The van der Waals surface area contributed by atoms with Gasteiger partial charge in [-0.25, -0.2) is 14.2 Å². The number of nitrogens with zero attached hydrogens (tertiary/aromatic N) is 4. The molecule has 4 heterocycles. The van der Waals surface area contributed by atoms with E-state index < -0.39 is 30.4 Å². The van der Waals surface area contributed by atoms with E-state index in [9.17, 15) is 18.0 Å². The molecule has 1 atom stereocenters. The van der Waals surface area contributed by atoms with Crippen molar-refractivity contribution in [3.8, 4) is 11.1 Å². The predicted molar refractivity (Wildman–Crippen MR) is 144 cm³/mol. The minimum atomic E-state index is -4.28. The Kier molecular flexibility index (Phi) is 6.67. The summed E-state index contributed by atoms with van der Waals surface area (Å²) in [6.45, 7) is 6.92. The number of anilines is 2. The second-order valence-electron chi connectivity index (χ2n) is 11.6. The van der Waals surface area contributed by atoms with Gasteiger partial charge < -0.3 is 24.3 Å². The van der Waals surface area contributed by atoms with Crippen LogP contribution >= 0.6 is 0 Å². The van der Waals surface area contributed by atoms with Crippen molar-refractivity contribution in [2.75, 3.05) is 49.6 Å². The lowest BCUT2D eigenvalue weighted by molar-refractivity contribution is -0.143. The number of nitrogens with one attached hydrogen (secondary N) is 1. The van der Waals surface area contributed by atoms with Crippen molar-refractivity contribution in [3.63, 3.8) is 0 Å². The molecule has 7 nitrogen and oxygen atoms in total. The molecule has 11 heteroatoms. The first-order valence-electron chi connectivity index (χ1n) is 13.8. The van der Waals surface area contributed by atoms with Gasteiger partial charge in [-0.1, -0.05) is 6.92 Å². The Hall–Kier alpha value is -3.34. The largest absolute Gasteiger partial charge is 0.389 e. The molecule has 1 N–H and O–H groups in total. The molecule has 3 aliphatic rings. The Bertz CT molecular complexity index is 1440. The van der Waals surface area contributed by atoms with Gasteiger partial charge in [-0.05, 0) is 61.4 Å². The molecule has 2 aliphatic heterocycles. The van der Waals surface area contributed by atoms with Gasteiger partial charge in [0.25, 0.3) is 0 Å². The lowest BCUT2D eigenvalue weighted by Crippen LogP contribution is -2.36. The molecule has 3 fully saturated rings. The van der Waals surface area contributed by atoms with Crippen molar-refractivity contribution in [1.29, 1.82) is 0 Å². The molecule has 1 aliphatic carbocycles. The number of fused-ring (bicyclic) bond motifs is 1. The SMILES string of the molecule is Cc1cc(F)c(NC(=O)N2CCC(CC(F)(F)F)C2)cc1-c1cc(N2CCOCC2)c2nc(C3(C)CC3)cn2c1. The zero-order chi connectivity index (χ0) is 28.2. The van der Waals surface area contributed by atoms with Crippen LogP contribution in [0.15, 0.2) is 30.6 Å². The summed E-state index contributed by atoms with van der Waals surface area (Å²) in [6, 6.07) is 4.45. The standard InChI is InChI=1S/C29H33F4N5O2/c1-18-11-22(30)23(34-27(39)37-6-3-19(15-37)14-29(31,32)33)13-21(18)20-12-24(36-7-9-40-10-8-36)26-35-25(17-38(26)16-20)28(2)4-5-28/h11-13,16-17,19H,3-10,14-15H2,1-2H3,(H,34,39). The Morgan fingerprint density at radius 2 is 1.90 bits per heavy atom. The minimum absolute atomic E-state index is 0.00491. The number of carbonyl (C=O) groups excluding carboxylic acids is 1. The Morgan fingerprint density at radius 3 is 2.60 bits per heavy atom. The summed E-state index contributed by atoms with van der Waals surface area (Å²) in [5, 5.41) is 2.60. The number of likely N-dealkylation sites (tertiary alicyclic amines) is 1. The number of urea groups is 1. The van der Waals surface area contributed by atoms with E-state index in [1.165, 1.54) is 11.0 Å². The summed E-state index contributed by atoms with van der Waals surface area (Å²) in [5.74, 6) is -1.24. The number of rotatable bonds is 5. The molecule has 3 aromatic rings. The summed E-state index contributed by atoms with van der Waals surface area (Å²) >= 11 is 0. The summed E-state index contributed by atoms with van der Waals surface area (Å²) in [7, 11) is 0. The second-order valence-corrected chi connectivity index (χ2v) is 11.6. The molecule has 214 valence electrons. The minimum Gasteiger partial charge on any atom is -0.378 e. The van der Waals surface area contributed by atoms with Gasteiger partial charge >= 0.3 is 12.2 Å². The number of imidazole rings is 1. The number of amides is 2. The van der Waals surface area contributed by atoms with E-state index in [0.717, 1.165) is 54.1 Å². The van der Waals surface area contributed by atoms with Crippen LogP contribution in [0.4, 0.5) is 33.7 Å². The molecule has 1 unspecified atom stereocenters. The van der Waals surface area contributed by atoms with Gasteiger partial charge in [0, 0.05) is 56.0 Å². The Labute approximate surface area is 230 Å². The van der Waals surface area contributed by atoms with Gasteiger partial charge in [0.1, 0.15) is 5.82 Å². The molecule has 2 amide bonds. The number of alkyl halides is 3. The van der Waals surface area contributed by atoms with Crippen molar-refractivity contribution >= 4 is 23.1 Å². The quantitative estimate of drug-likeness (QED) is 0.382. The number of carbonyl (C=O) groups is 1. The van der Waals surface area contributed by atoms with Crippen LogP contribution in [0.2, 0.25) is 0 Å². The van der Waals surface area contributed by atoms with Gasteiger partial charge in [-0.15, -0.1) is 0 Å². The Balaban J connectivity index is 1.32. The summed E-state index contributed by atoms with van der Waals surface area (Å²) in [6.07, 6.45) is 1.32. The average Bonchev–Trinajstić information content (AvgIpc) is 3.28. The van der Waals surface area contributed by atoms with E-state index in [4.69, 9.17) is 9.72 Å². The fourth-order valence-electron chi connectivity index (χ4n) is 5.78. The number of ether oxygens (including phenoxy) is 1. The number of benzene rings is 1. The molecule has 0 spiro atoms. The first kappa shape index (κ1) is 26.9. The molecular weight excluding hydrogens is 526 g/mol. The van der Waals surface area contributed by atoms with Crippen LogP contribution in [-0.2, 0) is 10.2 Å². The number of aryl methyl sites for hydroxylation is 1. The van der Waals surface area contributed by atoms with Crippen LogP contribution in [0.1, 0.15) is 43.9 Å². The highest BCUT2D eigenvalue weighted by Crippen LogP contribution is 2.47. The fourth-order valence-corrected chi connectivity index (χ4v) is 5.78. The van der Waals surface area contributed by atoms with Gasteiger partial charge in [-0.2, -0.15) is 13.2 Å². The maximum atomic E-state index is 15.0. The predicted octanol–water partition coefficient (Wildman–Crippen LogP) is 6.14. The number of hydrogen-bond donors (Lipinski definition) is 1. The Morgan fingerprint density at radius 1 is 1.15 bits per heavy atom. The normalized spacial score (nSPS) is 20.8. The molecular formula is C29H33F4N5O2. The van der Waals surface area contributed by atoms with E-state index in [2.05, 4.69) is 29.4 Å². The zero-order valence-corrected chi connectivity index (χ0v) is 22.7. The number of morpholine rings is 1. The third-order valence-corrected chi connectivity index (χ3v) is 8.46. The first-order chi connectivity index (χ1) is 19.0. The lowest BCUT2D eigenvalue weighted by Gasteiger charge is -2.29. The highest BCUT2D eigenvalue weighted by molar-refractivity contribution is 5.91. The molecule has 2 saturated heterocycles. The second kappa shape index (κ2) is 9.94. The van der Waals surface area contributed by atoms with E-state index in [1.807, 2.05) is 17.5 Å². The van der Waals surface area contributed by atoms with Crippen molar-refractivity contribution in [2.45, 2.75) is 51.1 Å². The van der Waals surface area contributed by atoms with Crippen LogP contribution in [0.3, 0.4) is 0 Å². The maximum Gasteiger partial charge on any atom is 0.389 e. The van der Waals surface area contributed by atoms with Crippen LogP contribution in [0.5, 0.6) is 0 Å². The van der Waals surface area contributed by atoms with Crippen LogP contribution in [0, 0.1) is 18.7 Å². The molecule has 6 rings (SSSR count). The summed E-state index contributed by atoms with van der Waals surface area (Å²) in [5.41, 5.74) is 5.26. The van der Waals surface area contributed by atoms with Crippen molar-refractivity contribution < 1.29 is 27.1 Å². The average molecular weight is 560 g/mol. The van der Waals surface area contributed by atoms with Crippen molar-refractivity contribution in [2.24, 2.45) is 5.92 Å². The monoisotopic (exact) mass is 559 g/mol. The number of aromatic nitrogens is 2. The van der Waals surface area contributed by atoms with Crippen LogP contribution < -0.4 is 10.2 Å². The van der Waals surface area contributed by atoms with E-state index >= 15 is 4.39 Å². The highest BCUT2D eigenvalue weighted by atomic mass is 19.4. The van der Waals surface area contributed by atoms with E-state index in [0.29, 0.717) is 18.8 Å². The molecule has 0 bridgehead atoms. The molecule has 2 aromatic heterocycles. The van der Waals surface area contributed by atoms with E-state index in [-0.39, 0.29) is 30.6 Å². The van der Waals surface area contributed by atoms with Gasteiger partial charge in [0.05, 0.1) is 30.3 Å². The van der Waals surface area contributed by atoms with Gasteiger partial charge in [-0.3, -0.25) is 0 Å². The molecule has 1 aromatic carbocycles. The third kappa shape index (κ3) is 5.35. The summed E-state index contributed by atoms with van der Waals surface area (Å²) in [4.78, 5) is 21.5. The maximum absolute atomic E-state index is 15.0. The van der Waals surface area contributed by atoms with E-state index in [1.54, 1.807) is 6.07 Å². The smallest absolute Gasteiger partial charge is 0.378 e. The first-order valence-corrected chi connectivity index (χ1v) is 13.8. The molecule has 1 saturated carbocycles. The van der Waals surface area contributed by atoms with Gasteiger partial charge in [0.15, 0.2) is 5.65 Å². The highest BCUT2D eigenvalue weighted by Gasteiger charge is 2.41.